The smallest absolute Gasteiger partial charge is 0.0476 e. The highest BCUT2D eigenvalue weighted by Gasteiger charge is 2.45. The van der Waals surface area contributed by atoms with Crippen LogP contribution >= 0.6 is 12.4 Å². The summed E-state index contributed by atoms with van der Waals surface area (Å²) < 4.78 is 0. The van der Waals surface area contributed by atoms with Gasteiger partial charge in [-0.1, -0.05) is 12.8 Å². The highest BCUT2D eigenvalue weighted by atomic mass is 35.5. The largest absolute Gasteiger partial charge is 0.396 e. The zero-order valence-corrected chi connectivity index (χ0v) is 8.15. The van der Waals surface area contributed by atoms with Gasteiger partial charge in [-0.2, -0.15) is 0 Å². The van der Waals surface area contributed by atoms with Crippen LogP contribution in [0.3, 0.4) is 0 Å². The van der Waals surface area contributed by atoms with Crippen LogP contribution in [0, 0.1) is 11.8 Å². The predicted molar refractivity (Wildman–Crippen MR) is 51.3 cm³/mol. The topological polar surface area (TPSA) is 46.2 Å². The summed E-state index contributed by atoms with van der Waals surface area (Å²) in [7, 11) is 0. The van der Waals surface area contributed by atoms with Crippen molar-refractivity contribution < 1.29 is 5.11 Å². The molecule has 2 fully saturated rings. The molecule has 0 aromatic heterocycles. The number of halogens is 1. The molecule has 0 unspecified atom stereocenters. The SMILES string of the molecule is Cl.N[C@@]12CCC[C@@H](C[C@@H]1CO)C2. The number of fused-ring (bicyclic) bond motifs is 2. The maximum absolute atomic E-state index is 9.10. The molecule has 2 aliphatic rings. The third-order valence-electron chi connectivity index (χ3n) is 3.57. The van der Waals surface area contributed by atoms with Crippen LogP contribution in [0.4, 0.5) is 0 Å². The first kappa shape index (κ1) is 10.3. The van der Waals surface area contributed by atoms with Gasteiger partial charge in [-0.15, -0.1) is 12.4 Å². The average Bonchev–Trinajstić information content (AvgIpc) is 2.21. The first-order valence-corrected chi connectivity index (χ1v) is 4.64. The second kappa shape index (κ2) is 3.52. The van der Waals surface area contributed by atoms with Gasteiger partial charge in [0.1, 0.15) is 0 Å². The van der Waals surface area contributed by atoms with E-state index in [9.17, 15) is 0 Å². The molecule has 2 nitrogen and oxygen atoms in total. The molecule has 3 heteroatoms. The van der Waals surface area contributed by atoms with Gasteiger partial charge in [0.2, 0.25) is 0 Å². The van der Waals surface area contributed by atoms with Gasteiger partial charge in [0.25, 0.3) is 0 Å². The van der Waals surface area contributed by atoms with Gasteiger partial charge >= 0.3 is 0 Å². The number of nitrogens with two attached hydrogens (primary N) is 1. The van der Waals surface area contributed by atoms with Crippen LogP contribution in [-0.2, 0) is 0 Å². The van der Waals surface area contributed by atoms with Gasteiger partial charge in [0.15, 0.2) is 0 Å². The Morgan fingerprint density at radius 1 is 1.50 bits per heavy atom. The van der Waals surface area contributed by atoms with Crippen molar-refractivity contribution in [3.8, 4) is 0 Å². The Hall–Kier alpha value is 0.210. The number of hydrogen-bond donors (Lipinski definition) is 2. The molecule has 0 saturated heterocycles. The summed E-state index contributed by atoms with van der Waals surface area (Å²) >= 11 is 0. The Morgan fingerprint density at radius 3 is 2.83 bits per heavy atom. The summed E-state index contributed by atoms with van der Waals surface area (Å²) in [6.45, 7) is 0.299. The van der Waals surface area contributed by atoms with Crippen LogP contribution in [-0.4, -0.2) is 17.3 Å². The Labute approximate surface area is 79.9 Å². The standard InChI is InChI=1S/C9H17NO.ClH/c10-9-3-1-2-7(5-9)4-8(9)6-11;/h7-8,11H,1-6,10H2;1H/t7-,8+,9+;/m0./s1. The van der Waals surface area contributed by atoms with E-state index in [2.05, 4.69) is 0 Å². The molecular formula is C9H18ClNO. The van der Waals surface area contributed by atoms with E-state index in [1.54, 1.807) is 0 Å². The third-order valence-corrected chi connectivity index (χ3v) is 3.57. The second-order valence-corrected chi connectivity index (χ2v) is 4.31. The molecule has 0 aliphatic heterocycles. The van der Waals surface area contributed by atoms with E-state index in [4.69, 9.17) is 10.8 Å². The maximum atomic E-state index is 9.10. The van der Waals surface area contributed by atoms with Crippen molar-refractivity contribution in [3.63, 3.8) is 0 Å². The van der Waals surface area contributed by atoms with Gasteiger partial charge < -0.3 is 10.8 Å². The molecule has 0 heterocycles. The molecule has 3 atom stereocenters. The van der Waals surface area contributed by atoms with Gasteiger partial charge in [-0.05, 0) is 25.2 Å². The molecule has 2 saturated carbocycles. The highest BCUT2D eigenvalue weighted by molar-refractivity contribution is 5.85. The predicted octanol–water partition coefficient (Wildman–Crippen LogP) is 1.31. The normalized spacial score (nSPS) is 45.5. The quantitative estimate of drug-likeness (QED) is 0.657. The zero-order chi connectivity index (χ0) is 7.90. The fraction of sp³-hybridized carbons (Fsp3) is 1.00. The summed E-state index contributed by atoms with van der Waals surface area (Å²) in [6, 6.07) is 0. The van der Waals surface area contributed by atoms with E-state index in [0.29, 0.717) is 12.5 Å². The van der Waals surface area contributed by atoms with Crippen LogP contribution < -0.4 is 5.73 Å². The molecule has 3 N–H and O–H groups in total. The zero-order valence-electron chi connectivity index (χ0n) is 7.33. The van der Waals surface area contributed by atoms with E-state index >= 15 is 0 Å². The summed E-state index contributed by atoms with van der Waals surface area (Å²) in [5.74, 6) is 1.22. The monoisotopic (exact) mass is 191 g/mol. The second-order valence-electron chi connectivity index (χ2n) is 4.31. The minimum atomic E-state index is 0. The van der Waals surface area contributed by atoms with Gasteiger partial charge in [0.05, 0.1) is 0 Å². The maximum Gasteiger partial charge on any atom is 0.0476 e. The van der Waals surface area contributed by atoms with Crippen molar-refractivity contribution in [2.75, 3.05) is 6.61 Å². The molecule has 0 aromatic carbocycles. The van der Waals surface area contributed by atoms with Crippen molar-refractivity contribution in [3.05, 3.63) is 0 Å². The van der Waals surface area contributed by atoms with Crippen LogP contribution in [0.1, 0.15) is 32.1 Å². The molecule has 12 heavy (non-hydrogen) atoms. The summed E-state index contributed by atoms with van der Waals surface area (Å²) in [5.41, 5.74) is 6.21. The highest BCUT2D eigenvalue weighted by Crippen LogP contribution is 2.46. The van der Waals surface area contributed by atoms with Crippen molar-refractivity contribution in [1.82, 2.24) is 0 Å². The van der Waals surface area contributed by atoms with Crippen molar-refractivity contribution in [1.29, 1.82) is 0 Å². The van der Waals surface area contributed by atoms with E-state index in [0.717, 1.165) is 18.8 Å². The fourth-order valence-electron chi connectivity index (χ4n) is 2.93. The van der Waals surface area contributed by atoms with Crippen LogP contribution in [0.15, 0.2) is 0 Å². The first-order chi connectivity index (χ1) is 5.24. The molecule has 2 aliphatic carbocycles. The fourth-order valence-corrected chi connectivity index (χ4v) is 2.93. The van der Waals surface area contributed by atoms with E-state index in [1.807, 2.05) is 0 Å². The Balaban J connectivity index is 0.000000720. The van der Waals surface area contributed by atoms with E-state index < -0.39 is 0 Å². The lowest BCUT2D eigenvalue weighted by Crippen LogP contribution is -2.45. The molecule has 0 amide bonds. The minimum absolute atomic E-state index is 0. The lowest BCUT2D eigenvalue weighted by molar-refractivity contribution is 0.166. The lowest BCUT2D eigenvalue weighted by Gasteiger charge is -2.32. The van der Waals surface area contributed by atoms with E-state index in [-0.39, 0.29) is 17.9 Å². The van der Waals surface area contributed by atoms with Crippen LogP contribution in [0.2, 0.25) is 0 Å². The first-order valence-electron chi connectivity index (χ1n) is 4.64. The molecule has 72 valence electrons. The minimum Gasteiger partial charge on any atom is -0.396 e. The summed E-state index contributed by atoms with van der Waals surface area (Å²) in [6.07, 6.45) is 6.09. The molecule has 0 aromatic rings. The molecule has 0 spiro atoms. The molecule has 2 rings (SSSR count). The molecular weight excluding hydrogens is 174 g/mol. The number of aliphatic hydroxyl groups excluding tert-OH is 1. The van der Waals surface area contributed by atoms with Crippen LogP contribution in [0.5, 0.6) is 0 Å². The van der Waals surface area contributed by atoms with Gasteiger partial charge in [-0.3, -0.25) is 0 Å². The molecule has 0 radical (unpaired) electrons. The summed E-state index contributed by atoms with van der Waals surface area (Å²) in [4.78, 5) is 0. The van der Waals surface area contributed by atoms with Gasteiger partial charge in [-0.25, -0.2) is 0 Å². The van der Waals surface area contributed by atoms with Crippen LogP contribution in [0.25, 0.3) is 0 Å². The Kier molecular flexibility index (Phi) is 3.02. The van der Waals surface area contributed by atoms with Crippen molar-refractivity contribution in [2.45, 2.75) is 37.6 Å². The number of rotatable bonds is 1. The number of hydrogen-bond acceptors (Lipinski definition) is 2. The third kappa shape index (κ3) is 1.48. The van der Waals surface area contributed by atoms with E-state index in [1.165, 1.54) is 19.3 Å². The Bertz CT molecular complexity index is 165. The van der Waals surface area contributed by atoms with Gasteiger partial charge in [0, 0.05) is 18.1 Å². The van der Waals surface area contributed by atoms with Crippen molar-refractivity contribution in [2.24, 2.45) is 17.6 Å². The molecule has 2 bridgehead atoms. The lowest BCUT2D eigenvalue weighted by atomic mass is 9.80. The average molecular weight is 192 g/mol. The summed E-state index contributed by atoms with van der Waals surface area (Å²) in [5, 5.41) is 9.10. The Morgan fingerprint density at radius 2 is 2.25 bits per heavy atom. The van der Waals surface area contributed by atoms with Crippen molar-refractivity contribution >= 4 is 12.4 Å². The number of aliphatic hydroxyl groups is 1.